The van der Waals surface area contributed by atoms with Gasteiger partial charge in [-0.2, -0.15) is 0 Å². The number of rotatable bonds is 4. The molecule has 1 aromatic carbocycles. The van der Waals surface area contributed by atoms with Crippen LogP contribution in [0.25, 0.3) is 0 Å². The predicted octanol–water partition coefficient (Wildman–Crippen LogP) is 2.72. The Morgan fingerprint density at radius 1 is 1.20 bits per heavy atom. The quantitative estimate of drug-likeness (QED) is 0.819. The lowest BCUT2D eigenvalue weighted by molar-refractivity contribution is 0.185. The van der Waals surface area contributed by atoms with Crippen molar-refractivity contribution in [1.82, 2.24) is 5.32 Å². The summed E-state index contributed by atoms with van der Waals surface area (Å²) < 4.78 is 5.11. The van der Waals surface area contributed by atoms with Crippen LogP contribution in [0.15, 0.2) is 24.3 Å². The monoisotopic (exact) mass is 207 g/mol. The molecule has 0 aliphatic rings. The minimum absolute atomic E-state index is 0.164. The van der Waals surface area contributed by atoms with E-state index in [0.29, 0.717) is 6.61 Å². The van der Waals surface area contributed by atoms with Crippen LogP contribution >= 0.6 is 0 Å². The first kappa shape index (κ1) is 12.2. The third-order valence-electron chi connectivity index (χ3n) is 2.13. The molecule has 0 amide bonds. The van der Waals surface area contributed by atoms with E-state index in [1.54, 1.807) is 7.11 Å². The Bertz CT molecular complexity index is 302. The summed E-state index contributed by atoms with van der Waals surface area (Å²) in [5.41, 5.74) is 2.70. The van der Waals surface area contributed by atoms with Gasteiger partial charge in [0.25, 0.3) is 0 Å². The molecular weight excluding hydrogens is 186 g/mol. The molecule has 0 fully saturated rings. The third kappa shape index (κ3) is 4.96. The number of nitrogens with one attached hydrogen (secondary N) is 1. The normalized spacial score (nSPS) is 11.7. The first-order valence-corrected chi connectivity index (χ1v) is 5.33. The van der Waals surface area contributed by atoms with Gasteiger partial charge in [0.15, 0.2) is 0 Å². The van der Waals surface area contributed by atoms with E-state index in [1.807, 2.05) is 0 Å². The minimum atomic E-state index is 0.164. The molecule has 0 unspecified atom stereocenters. The van der Waals surface area contributed by atoms with Crippen LogP contribution in [-0.4, -0.2) is 12.6 Å². The summed E-state index contributed by atoms with van der Waals surface area (Å²) in [5, 5.41) is 3.47. The lowest BCUT2D eigenvalue weighted by Gasteiger charge is -2.20. The molecule has 2 heteroatoms. The van der Waals surface area contributed by atoms with Crippen molar-refractivity contribution in [3.05, 3.63) is 35.4 Å². The smallest absolute Gasteiger partial charge is 0.0713 e. The summed E-state index contributed by atoms with van der Waals surface area (Å²) in [6.45, 7) is 8.11. The Hall–Kier alpha value is -0.860. The molecule has 0 aliphatic heterocycles. The topological polar surface area (TPSA) is 21.3 Å². The molecule has 1 rings (SSSR count). The molecule has 0 spiro atoms. The van der Waals surface area contributed by atoms with Gasteiger partial charge in [-0.1, -0.05) is 24.3 Å². The average molecular weight is 207 g/mol. The van der Waals surface area contributed by atoms with Crippen molar-refractivity contribution < 1.29 is 4.74 Å². The van der Waals surface area contributed by atoms with Gasteiger partial charge in [-0.15, -0.1) is 0 Å². The van der Waals surface area contributed by atoms with Gasteiger partial charge in [0.05, 0.1) is 6.61 Å². The zero-order chi connectivity index (χ0) is 11.3. The number of methoxy groups -OCH3 is 1. The molecule has 0 aromatic heterocycles. The van der Waals surface area contributed by atoms with Crippen LogP contribution in [0.4, 0.5) is 0 Å². The van der Waals surface area contributed by atoms with Crippen molar-refractivity contribution in [3.63, 3.8) is 0 Å². The van der Waals surface area contributed by atoms with Crippen molar-refractivity contribution in [3.8, 4) is 0 Å². The van der Waals surface area contributed by atoms with Gasteiger partial charge in [0.2, 0.25) is 0 Å². The van der Waals surface area contributed by atoms with Crippen LogP contribution in [0.3, 0.4) is 0 Å². The zero-order valence-corrected chi connectivity index (χ0v) is 10.1. The molecule has 0 saturated carbocycles. The van der Waals surface area contributed by atoms with Gasteiger partial charge in [-0.25, -0.2) is 0 Å². The first-order chi connectivity index (χ1) is 7.01. The van der Waals surface area contributed by atoms with Crippen LogP contribution < -0.4 is 5.32 Å². The van der Waals surface area contributed by atoms with Crippen molar-refractivity contribution in [1.29, 1.82) is 0 Å². The van der Waals surface area contributed by atoms with Crippen LogP contribution in [-0.2, 0) is 17.9 Å². The van der Waals surface area contributed by atoms with E-state index in [9.17, 15) is 0 Å². The minimum Gasteiger partial charge on any atom is -0.380 e. The number of ether oxygens (including phenoxy) is 1. The maximum Gasteiger partial charge on any atom is 0.0713 e. The highest BCUT2D eigenvalue weighted by atomic mass is 16.5. The predicted molar refractivity (Wildman–Crippen MR) is 63.7 cm³/mol. The Labute approximate surface area is 92.6 Å². The maximum absolute atomic E-state index is 5.11. The van der Waals surface area contributed by atoms with Crippen LogP contribution in [0, 0.1) is 0 Å². The second kappa shape index (κ2) is 5.29. The van der Waals surface area contributed by atoms with Crippen LogP contribution in [0.1, 0.15) is 31.9 Å². The summed E-state index contributed by atoms with van der Waals surface area (Å²) >= 11 is 0. The molecular formula is C13H21NO. The molecule has 0 saturated heterocycles. The van der Waals surface area contributed by atoms with Crippen molar-refractivity contribution in [2.45, 2.75) is 39.5 Å². The Kier molecular flexibility index (Phi) is 4.30. The fourth-order valence-electron chi connectivity index (χ4n) is 1.36. The summed E-state index contributed by atoms with van der Waals surface area (Å²) in [7, 11) is 1.72. The first-order valence-electron chi connectivity index (χ1n) is 5.33. The van der Waals surface area contributed by atoms with E-state index in [1.165, 1.54) is 11.1 Å². The molecule has 1 aromatic rings. The van der Waals surface area contributed by atoms with E-state index >= 15 is 0 Å². The van der Waals surface area contributed by atoms with E-state index in [4.69, 9.17) is 4.74 Å². The highest BCUT2D eigenvalue weighted by Crippen LogP contribution is 2.08. The van der Waals surface area contributed by atoms with E-state index in [2.05, 4.69) is 50.4 Å². The molecule has 15 heavy (non-hydrogen) atoms. The summed E-state index contributed by atoms with van der Waals surface area (Å²) in [6, 6.07) is 8.48. The lowest BCUT2D eigenvalue weighted by Crippen LogP contribution is -2.35. The van der Waals surface area contributed by atoms with Gasteiger partial charge >= 0.3 is 0 Å². The van der Waals surface area contributed by atoms with Gasteiger partial charge in [0, 0.05) is 19.2 Å². The standard InChI is InChI=1S/C13H21NO/c1-13(2,3)14-9-11-6-5-7-12(8-11)10-15-4/h5-8,14H,9-10H2,1-4H3. The second-order valence-corrected chi connectivity index (χ2v) is 4.86. The highest BCUT2D eigenvalue weighted by Gasteiger charge is 2.08. The van der Waals surface area contributed by atoms with Crippen molar-refractivity contribution in [2.75, 3.05) is 7.11 Å². The van der Waals surface area contributed by atoms with Crippen molar-refractivity contribution in [2.24, 2.45) is 0 Å². The molecule has 1 N–H and O–H groups in total. The van der Waals surface area contributed by atoms with Crippen LogP contribution in [0.5, 0.6) is 0 Å². The molecule has 0 atom stereocenters. The third-order valence-corrected chi connectivity index (χ3v) is 2.13. The van der Waals surface area contributed by atoms with Gasteiger partial charge in [-0.05, 0) is 31.9 Å². The van der Waals surface area contributed by atoms with E-state index < -0.39 is 0 Å². The second-order valence-electron chi connectivity index (χ2n) is 4.86. The number of benzene rings is 1. The molecule has 2 nitrogen and oxygen atoms in total. The Balaban J connectivity index is 2.57. The van der Waals surface area contributed by atoms with Gasteiger partial charge in [0.1, 0.15) is 0 Å². The Morgan fingerprint density at radius 2 is 1.87 bits per heavy atom. The SMILES string of the molecule is COCc1cccc(CNC(C)(C)C)c1. The fourth-order valence-corrected chi connectivity index (χ4v) is 1.36. The molecule has 0 aliphatic carbocycles. The van der Waals surface area contributed by atoms with E-state index in [-0.39, 0.29) is 5.54 Å². The van der Waals surface area contributed by atoms with Crippen LogP contribution in [0.2, 0.25) is 0 Å². The Morgan fingerprint density at radius 3 is 2.47 bits per heavy atom. The zero-order valence-electron chi connectivity index (χ0n) is 10.1. The molecule has 0 bridgehead atoms. The summed E-state index contributed by atoms with van der Waals surface area (Å²) in [4.78, 5) is 0. The molecule has 84 valence electrons. The number of hydrogen-bond acceptors (Lipinski definition) is 2. The maximum atomic E-state index is 5.11. The molecule has 0 heterocycles. The lowest BCUT2D eigenvalue weighted by atomic mass is 10.1. The van der Waals surface area contributed by atoms with Crippen molar-refractivity contribution >= 4 is 0 Å². The fraction of sp³-hybridized carbons (Fsp3) is 0.538. The van der Waals surface area contributed by atoms with Gasteiger partial charge in [-0.3, -0.25) is 0 Å². The largest absolute Gasteiger partial charge is 0.380 e. The molecule has 0 radical (unpaired) electrons. The number of hydrogen-bond donors (Lipinski definition) is 1. The summed E-state index contributed by atoms with van der Waals surface area (Å²) in [5.74, 6) is 0. The average Bonchev–Trinajstić information content (AvgIpc) is 2.15. The summed E-state index contributed by atoms with van der Waals surface area (Å²) in [6.07, 6.45) is 0. The van der Waals surface area contributed by atoms with Gasteiger partial charge < -0.3 is 10.1 Å². The van der Waals surface area contributed by atoms with E-state index in [0.717, 1.165) is 6.54 Å². The highest BCUT2D eigenvalue weighted by molar-refractivity contribution is 5.23.